The summed E-state index contributed by atoms with van der Waals surface area (Å²) < 4.78 is 164. The number of methoxy groups -OCH3 is 1. The summed E-state index contributed by atoms with van der Waals surface area (Å²) in [5.74, 6) is 0.942. The predicted molar refractivity (Wildman–Crippen MR) is 108 cm³/mol. The molecular formula is C14H20B4F16NO-3. The van der Waals surface area contributed by atoms with Gasteiger partial charge in [-0.05, 0) is 32.9 Å². The molecule has 1 heterocycles. The second kappa shape index (κ2) is 14.5. The fourth-order valence-electron chi connectivity index (χ4n) is 2.50. The van der Waals surface area contributed by atoms with Crippen LogP contribution < -0.4 is 4.74 Å². The SMILES string of the molecule is CC[N+]1=C(C)C(C)(C)c2cc(OC)ccc21.F[B-](F)(F)F.F[B-](F)(F)F.F[B-](F)(F)F.F[B-](F)(F)F. The first-order chi connectivity index (χ1) is 15.5. The van der Waals surface area contributed by atoms with E-state index < -0.39 is 29.0 Å². The molecule has 1 aromatic carbocycles. The van der Waals surface area contributed by atoms with Gasteiger partial charge >= 0.3 is 29.0 Å². The summed E-state index contributed by atoms with van der Waals surface area (Å²) in [6.45, 7) is 9.98. The molecule has 0 amide bonds. The zero-order valence-corrected chi connectivity index (χ0v) is 19.2. The van der Waals surface area contributed by atoms with Crippen molar-refractivity contribution in [3.8, 4) is 5.75 Å². The van der Waals surface area contributed by atoms with Crippen LogP contribution in [-0.2, 0) is 5.41 Å². The number of ether oxygens (including phenoxy) is 1. The standard InChI is InChI=1S/C14H20NO.4BF4/c1-6-15-10(2)14(3,4)12-9-11(16-5)7-8-13(12)15;4*2-1(3,4)5/h7-9H,6H2,1-5H3;;;;/q+1;4*-1. The highest BCUT2D eigenvalue weighted by atomic mass is 19.5. The Morgan fingerprint density at radius 3 is 1.25 bits per heavy atom. The van der Waals surface area contributed by atoms with Gasteiger partial charge in [-0.25, -0.2) is 0 Å². The van der Waals surface area contributed by atoms with E-state index in [4.69, 9.17) is 4.74 Å². The normalized spacial score (nSPS) is 14.5. The summed E-state index contributed by atoms with van der Waals surface area (Å²) in [5, 5.41) is 0. The zero-order valence-electron chi connectivity index (χ0n) is 19.2. The minimum atomic E-state index is -6.00. The Morgan fingerprint density at radius 2 is 1.00 bits per heavy atom. The zero-order chi connectivity index (χ0) is 29.9. The molecule has 0 aromatic heterocycles. The number of halogens is 16. The minimum Gasteiger partial charge on any atom is -0.497 e. The van der Waals surface area contributed by atoms with Gasteiger partial charge in [0.1, 0.15) is 12.3 Å². The quantitative estimate of drug-likeness (QED) is 0.200. The summed E-state index contributed by atoms with van der Waals surface area (Å²) in [7, 11) is -22.3. The van der Waals surface area contributed by atoms with E-state index in [0.29, 0.717) is 0 Å². The van der Waals surface area contributed by atoms with Crippen molar-refractivity contribution in [3.63, 3.8) is 0 Å². The number of hydrogen-bond acceptors (Lipinski definition) is 1. The topological polar surface area (TPSA) is 12.2 Å². The maximum absolute atomic E-state index is 9.75. The van der Waals surface area contributed by atoms with Crippen molar-refractivity contribution in [2.75, 3.05) is 13.7 Å². The van der Waals surface area contributed by atoms with E-state index >= 15 is 0 Å². The van der Waals surface area contributed by atoms with Gasteiger partial charge in [-0.1, -0.05) is 0 Å². The molecular weight excluding hydrogens is 545 g/mol. The van der Waals surface area contributed by atoms with Gasteiger partial charge in [0.05, 0.1) is 12.5 Å². The van der Waals surface area contributed by atoms with Crippen molar-refractivity contribution in [2.45, 2.75) is 33.1 Å². The van der Waals surface area contributed by atoms with Gasteiger partial charge in [0, 0.05) is 18.6 Å². The molecule has 36 heavy (non-hydrogen) atoms. The first-order valence-corrected chi connectivity index (χ1v) is 9.31. The van der Waals surface area contributed by atoms with Crippen molar-refractivity contribution >= 4 is 40.4 Å². The summed E-state index contributed by atoms with van der Waals surface area (Å²) in [4.78, 5) is 0. The van der Waals surface area contributed by atoms with E-state index in [2.05, 4.69) is 44.4 Å². The van der Waals surface area contributed by atoms with Gasteiger partial charge in [-0.15, -0.1) is 0 Å². The summed E-state index contributed by atoms with van der Waals surface area (Å²) in [6, 6.07) is 6.36. The maximum Gasteiger partial charge on any atom is 0.673 e. The first-order valence-electron chi connectivity index (χ1n) is 9.31. The molecule has 0 radical (unpaired) electrons. The van der Waals surface area contributed by atoms with E-state index in [-0.39, 0.29) is 5.41 Å². The number of nitrogens with zero attached hydrogens (tertiary/aromatic N) is 1. The third kappa shape index (κ3) is 24.9. The molecule has 0 saturated carbocycles. The van der Waals surface area contributed by atoms with Crippen LogP contribution in [0.3, 0.4) is 0 Å². The number of hydrogen-bond donors (Lipinski definition) is 0. The second-order valence-electron chi connectivity index (χ2n) is 6.82. The Labute approximate surface area is 196 Å². The van der Waals surface area contributed by atoms with Crippen LogP contribution in [0.1, 0.15) is 33.3 Å². The molecule has 0 atom stereocenters. The van der Waals surface area contributed by atoms with E-state index in [9.17, 15) is 69.1 Å². The molecule has 0 spiro atoms. The van der Waals surface area contributed by atoms with Crippen LogP contribution in [0.5, 0.6) is 5.75 Å². The van der Waals surface area contributed by atoms with E-state index in [1.807, 2.05) is 6.07 Å². The van der Waals surface area contributed by atoms with Crippen molar-refractivity contribution in [1.82, 2.24) is 0 Å². The Hall–Kier alpha value is -2.17. The molecule has 1 aliphatic heterocycles. The largest absolute Gasteiger partial charge is 0.673 e. The molecule has 0 saturated heterocycles. The highest BCUT2D eigenvalue weighted by molar-refractivity contribution is 6.50. The summed E-state index contributed by atoms with van der Waals surface area (Å²) >= 11 is 0. The third-order valence-corrected chi connectivity index (χ3v) is 3.79. The number of rotatable bonds is 2. The Morgan fingerprint density at radius 1 is 0.694 bits per heavy atom. The van der Waals surface area contributed by atoms with Crippen LogP contribution in [-0.4, -0.2) is 53.0 Å². The lowest BCUT2D eigenvalue weighted by atomic mass is 9.82. The molecule has 1 aromatic rings. The fraction of sp³-hybridized carbons (Fsp3) is 0.500. The maximum atomic E-state index is 9.75. The van der Waals surface area contributed by atoms with Crippen LogP contribution in [0.2, 0.25) is 0 Å². The molecule has 0 bridgehead atoms. The Balaban J connectivity index is -0.000000451. The van der Waals surface area contributed by atoms with Crippen LogP contribution in [0, 0.1) is 0 Å². The molecule has 2 rings (SSSR count). The summed E-state index contributed by atoms with van der Waals surface area (Å²) in [6.07, 6.45) is 0. The average molecular weight is 566 g/mol. The highest BCUT2D eigenvalue weighted by Gasteiger charge is 2.42. The molecule has 2 nitrogen and oxygen atoms in total. The van der Waals surface area contributed by atoms with Crippen molar-refractivity contribution < 1.29 is 78.4 Å². The van der Waals surface area contributed by atoms with Gasteiger partial charge < -0.3 is 73.8 Å². The smallest absolute Gasteiger partial charge is 0.497 e. The van der Waals surface area contributed by atoms with Crippen LogP contribution >= 0.6 is 0 Å². The van der Waals surface area contributed by atoms with Gasteiger partial charge in [0.2, 0.25) is 5.69 Å². The third-order valence-electron chi connectivity index (χ3n) is 3.79. The molecule has 1 aliphatic rings. The average Bonchev–Trinajstić information content (AvgIpc) is 2.75. The van der Waals surface area contributed by atoms with Crippen LogP contribution in [0.15, 0.2) is 18.2 Å². The van der Waals surface area contributed by atoms with E-state index in [1.54, 1.807) is 7.11 Å². The lowest BCUT2D eigenvalue weighted by molar-refractivity contribution is -0.434. The highest BCUT2D eigenvalue weighted by Crippen LogP contribution is 2.41. The van der Waals surface area contributed by atoms with Gasteiger partial charge in [0.25, 0.3) is 0 Å². The first kappa shape index (κ1) is 38.4. The van der Waals surface area contributed by atoms with E-state index in [1.165, 1.54) is 17.0 Å². The lowest BCUT2D eigenvalue weighted by Crippen LogP contribution is -2.26. The number of fused-ring (bicyclic) bond motifs is 1. The molecule has 0 aliphatic carbocycles. The molecule has 0 N–H and O–H groups in total. The van der Waals surface area contributed by atoms with Crippen LogP contribution in [0.4, 0.5) is 74.7 Å². The fourth-order valence-corrected chi connectivity index (χ4v) is 2.50. The van der Waals surface area contributed by atoms with Crippen molar-refractivity contribution in [1.29, 1.82) is 0 Å². The number of benzene rings is 1. The molecule has 0 fully saturated rings. The monoisotopic (exact) mass is 566 g/mol. The Bertz CT molecular complexity index is 745. The second-order valence-corrected chi connectivity index (χ2v) is 6.82. The van der Waals surface area contributed by atoms with Crippen molar-refractivity contribution in [3.05, 3.63) is 23.8 Å². The minimum absolute atomic E-state index is 0.111. The van der Waals surface area contributed by atoms with Gasteiger partial charge in [-0.2, -0.15) is 4.58 Å². The van der Waals surface area contributed by atoms with Crippen molar-refractivity contribution in [2.24, 2.45) is 0 Å². The molecule has 22 heteroatoms. The van der Waals surface area contributed by atoms with Gasteiger partial charge in [-0.3, -0.25) is 0 Å². The predicted octanol–water partition coefficient (Wildman–Crippen LogP) is 8.31. The summed E-state index contributed by atoms with van der Waals surface area (Å²) in [5.41, 5.74) is 4.22. The lowest BCUT2D eigenvalue weighted by Gasteiger charge is -2.15. The van der Waals surface area contributed by atoms with Crippen LogP contribution in [0.25, 0.3) is 0 Å². The molecule has 214 valence electrons. The Kier molecular flexibility index (Phi) is 15.5. The molecule has 0 unspecified atom stereocenters. The van der Waals surface area contributed by atoms with E-state index in [0.717, 1.165) is 12.3 Å². The van der Waals surface area contributed by atoms with Gasteiger partial charge in [0.15, 0.2) is 5.71 Å².